The third kappa shape index (κ3) is 3.47. The fraction of sp³-hybridized carbons (Fsp3) is 0.385. The van der Waals surface area contributed by atoms with E-state index in [1.807, 2.05) is 0 Å². The van der Waals surface area contributed by atoms with Crippen LogP contribution in [0.3, 0.4) is 0 Å². The molecule has 7 heteroatoms. The first-order valence-corrected chi connectivity index (χ1v) is 7.00. The number of benzene rings is 1. The van der Waals surface area contributed by atoms with Crippen LogP contribution in [-0.4, -0.2) is 35.1 Å². The molecule has 2 N–H and O–H groups in total. The van der Waals surface area contributed by atoms with Crippen LogP contribution in [0.2, 0.25) is 0 Å². The average molecular weight is 345 g/mol. The number of urea groups is 1. The smallest absolute Gasteiger partial charge is 0.321 e. The normalized spacial score (nSPS) is 18.7. The molecule has 0 unspecified atom stereocenters. The molecule has 1 aromatic rings. The number of aliphatic carboxylic acids is 1. The Balaban J connectivity index is 2.02. The number of nitrogens with one attached hydrogen (secondary N) is 1. The highest BCUT2D eigenvalue weighted by Crippen LogP contribution is 2.21. The molecule has 0 aromatic heterocycles. The summed E-state index contributed by atoms with van der Waals surface area (Å²) in [5.41, 5.74) is 0.0793. The number of carboxylic acid groups (broad SMARTS) is 1. The first kappa shape index (κ1) is 14.8. The molecule has 1 fully saturated rings. The summed E-state index contributed by atoms with van der Waals surface area (Å²) >= 11 is 3.13. The molecular formula is C13H14BrFN2O3. The van der Waals surface area contributed by atoms with Crippen molar-refractivity contribution in [3.8, 4) is 0 Å². The second-order valence-corrected chi connectivity index (χ2v) is 5.59. The number of anilines is 1. The van der Waals surface area contributed by atoms with E-state index in [-0.39, 0.29) is 12.2 Å². The van der Waals surface area contributed by atoms with Gasteiger partial charge in [-0.1, -0.05) is 15.9 Å². The first-order valence-electron chi connectivity index (χ1n) is 6.21. The molecule has 1 aromatic carbocycles. The number of amides is 2. The van der Waals surface area contributed by atoms with Crippen LogP contribution in [0.25, 0.3) is 0 Å². The lowest BCUT2D eigenvalue weighted by atomic mass is 9.99. The number of halogens is 2. The van der Waals surface area contributed by atoms with Crippen molar-refractivity contribution in [2.24, 2.45) is 5.92 Å². The van der Waals surface area contributed by atoms with Gasteiger partial charge in [0.05, 0.1) is 11.6 Å². The molecule has 108 valence electrons. The van der Waals surface area contributed by atoms with E-state index in [1.54, 1.807) is 6.07 Å². The Morgan fingerprint density at radius 3 is 2.85 bits per heavy atom. The quantitative estimate of drug-likeness (QED) is 0.866. The zero-order valence-electron chi connectivity index (χ0n) is 10.6. The van der Waals surface area contributed by atoms with Crippen molar-refractivity contribution in [3.05, 3.63) is 28.5 Å². The van der Waals surface area contributed by atoms with Gasteiger partial charge in [-0.15, -0.1) is 0 Å². The molecule has 20 heavy (non-hydrogen) atoms. The molecule has 2 rings (SSSR count). The summed E-state index contributed by atoms with van der Waals surface area (Å²) in [6.45, 7) is 0.632. The van der Waals surface area contributed by atoms with E-state index in [9.17, 15) is 14.0 Å². The molecule has 0 saturated carbocycles. The average Bonchev–Trinajstić information content (AvgIpc) is 2.42. The predicted octanol–water partition coefficient (Wildman–Crippen LogP) is 2.92. The standard InChI is InChI=1S/C13H14BrFN2O3/c14-9-3-4-11(10(15)6-9)16-13(20)17-5-1-2-8(7-17)12(18)19/h3-4,6,8H,1-2,5,7H2,(H,16,20)(H,18,19)/t8-/m0/s1. The van der Waals surface area contributed by atoms with Crippen molar-refractivity contribution in [2.75, 3.05) is 18.4 Å². The number of carbonyl (C=O) groups excluding carboxylic acids is 1. The van der Waals surface area contributed by atoms with Gasteiger partial charge < -0.3 is 15.3 Å². The van der Waals surface area contributed by atoms with Crippen molar-refractivity contribution < 1.29 is 19.1 Å². The van der Waals surface area contributed by atoms with Gasteiger partial charge in [0.15, 0.2) is 0 Å². The number of hydrogen-bond donors (Lipinski definition) is 2. The molecule has 0 bridgehead atoms. The van der Waals surface area contributed by atoms with Crippen LogP contribution in [0.15, 0.2) is 22.7 Å². The van der Waals surface area contributed by atoms with E-state index in [0.29, 0.717) is 23.9 Å². The number of hydrogen-bond acceptors (Lipinski definition) is 2. The van der Waals surface area contributed by atoms with Gasteiger partial charge in [0.25, 0.3) is 0 Å². The van der Waals surface area contributed by atoms with Gasteiger partial charge in [-0.2, -0.15) is 0 Å². The number of likely N-dealkylation sites (tertiary alicyclic amines) is 1. The summed E-state index contributed by atoms with van der Waals surface area (Å²) < 4.78 is 14.2. The second-order valence-electron chi connectivity index (χ2n) is 4.68. The van der Waals surface area contributed by atoms with E-state index in [2.05, 4.69) is 21.2 Å². The Labute approximate surface area is 123 Å². The summed E-state index contributed by atoms with van der Waals surface area (Å²) in [5, 5.41) is 11.4. The maximum absolute atomic E-state index is 13.6. The number of nitrogens with zero attached hydrogens (tertiary/aromatic N) is 1. The summed E-state index contributed by atoms with van der Waals surface area (Å²) in [6, 6.07) is 3.86. The van der Waals surface area contributed by atoms with Crippen LogP contribution in [0.4, 0.5) is 14.9 Å². The maximum atomic E-state index is 13.6. The molecule has 0 spiro atoms. The van der Waals surface area contributed by atoms with Crippen molar-refractivity contribution in [1.82, 2.24) is 4.90 Å². The van der Waals surface area contributed by atoms with Crippen LogP contribution in [0, 0.1) is 11.7 Å². The van der Waals surface area contributed by atoms with E-state index in [0.717, 1.165) is 0 Å². The topological polar surface area (TPSA) is 69.6 Å². The van der Waals surface area contributed by atoms with Crippen LogP contribution in [0.5, 0.6) is 0 Å². The van der Waals surface area contributed by atoms with Gasteiger partial charge in [-0.25, -0.2) is 9.18 Å². The molecule has 1 atom stereocenters. The number of rotatable bonds is 2. The predicted molar refractivity (Wildman–Crippen MR) is 75.1 cm³/mol. The second kappa shape index (κ2) is 6.21. The highest BCUT2D eigenvalue weighted by molar-refractivity contribution is 9.10. The Morgan fingerprint density at radius 2 is 2.20 bits per heavy atom. The van der Waals surface area contributed by atoms with Crippen molar-refractivity contribution in [2.45, 2.75) is 12.8 Å². The van der Waals surface area contributed by atoms with Crippen LogP contribution in [0.1, 0.15) is 12.8 Å². The molecule has 0 aliphatic carbocycles. The molecule has 2 amide bonds. The molecule has 1 heterocycles. The minimum Gasteiger partial charge on any atom is -0.481 e. The fourth-order valence-corrected chi connectivity index (χ4v) is 2.48. The van der Waals surface area contributed by atoms with Crippen LogP contribution >= 0.6 is 15.9 Å². The highest BCUT2D eigenvalue weighted by Gasteiger charge is 2.28. The minimum atomic E-state index is -0.905. The van der Waals surface area contributed by atoms with Gasteiger partial charge in [0.2, 0.25) is 0 Å². The molecule has 1 aliphatic rings. The van der Waals surface area contributed by atoms with Gasteiger partial charge in [-0.05, 0) is 31.0 Å². The van der Waals surface area contributed by atoms with E-state index < -0.39 is 23.7 Å². The summed E-state index contributed by atoms with van der Waals surface area (Å²) in [7, 11) is 0. The van der Waals surface area contributed by atoms with E-state index in [1.165, 1.54) is 17.0 Å². The van der Waals surface area contributed by atoms with E-state index >= 15 is 0 Å². The Kier molecular flexibility index (Phi) is 4.59. The lowest BCUT2D eigenvalue weighted by Crippen LogP contribution is -2.44. The maximum Gasteiger partial charge on any atom is 0.321 e. The number of carbonyl (C=O) groups is 2. The molecule has 1 aliphatic heterocycles. The molecule has 0 radical (unpaired) electrons. The van der Waals surface area contributed by atoms with Crippen LogP contribution < -0.4 is 5.32 Å². The fourth-order valence-electron chi connectivity index (χ4n) is 2.15. The van der Waals surface area contributed by atoms with Gasteiger partial charge in [0, 0.05) is 17.6 Å². The Bertz CT molecular complexity index is 538. The van der Waals surface area contributed by atoms with Crippen molar-refractivity contribution in [1.29, 1.82) is 0 Å². The Hall–Kier alpha value is -1.63. The molecule has 5 nitrogen and oxygen atoms in total. The minimum absolute atomic E-state index is 0.0793. The number of piperidine rings is 1. The lowest BCUT2D eigenvalue weighted by molar-refractivity contribution is -0.143. The summed E-state index contributed by atoms with van der Waals surface area (Å²) in [4.78, 5) is 24.4. The largest absolute Gasteiger partial charge is 0.481 e. The highest BCUT2D eigenvalue weighted by atomic mass is 79.9. The zero-order valence-corrected chi connectivity index (χ0v) is 12.2. The van der Waals surface area contributed by atoms with Gasteiger partial charge in [0.1, 0.15) is 5.82 Å². The van der Waals surface area contributed by atoms with Gasteiger partial charge >= 0.3 is 12.0 Å². The molecule has 1 saturated heterocycles. The first-order chi connectivity index (χ1) is 9.47. The van der Waals surface area contributed by atoms with Crippen LogP contribution in [-0.2, 0) is 4.79 Å². The lowest BCUT2D eigenvalue weighted by Gasteiger charge is -2.30. The van der Waals surface area contributed by atoms with E-state index in [4.69, 9.17) is 5.11 Å². The SMILES string of the molecule is O=C(O)[C@H]1CCCN(C(=O)Nc2ccc(Br)cc2F)C1. The van der Waals surface area contributed by atoms with Crippen molar-refractivity contribution in [3.63, 3.8) is 0 Å². The van der Waals surface area contributed by atoms with Gasteiger partial charge in [-0.3, -0.25) is 4.79 Å². The number of carboxylic acids is 1. The third-order valence-corrected chi connectivity index (χ3v) is 3.72. The Morgan fingerprint density at radius 1 is 1.45 bits per heavy atom. The van der Waals surface area contributed by atoms with Crippen molar-refractivity contribution >= 4 is 33.6 Å². The third-order valence-electron chi connectivity index (χ3n) is 3.23. The monoisotopic (exact) mass is 344 g/mol. The molecular weight excluding hydrogens is 331 g/mol. The summed E-state index contributed by atoms with van der Waals surface area (Å²) in [6.07, 6.45) is 1.19. The summed E-state index contributed by atoms with van der Waals surface area (Å²) in [5.74, 6) is -2.00. The zero-order chi connectivity index (χ0) is 14.7.